The summed E-state index contributed by atoms with van der Waals surface area (Å²) in [5, 5.41) is 34.6. The molecule has 3 N–H and O–H groups in total. The monoisotopic (exact) mass is 704 g/mol. The number of phenolic OH excluding ortho intramolecular Hbond substituents is 1. The Morgan fingerprint density at radius 1 is 0.843 bits per heavy atom. The Kier molecular flexibility index (Phi) is 8.46. The first-order chi connectivity index (χ1) is 23.8. The molecule has 0 spiro atoms. The largest absolute Gasteiger partial charge is 0.507 e. The molecule has 2 unspecified atom stereocenters. The fourth-order valence-electron chi connectivity index (χ4n) is 8.50. The molecule has 3 aliphatic heterocycles. The fourth-order valence-corrected chi connectivity index (χ4v) is 8.50. The van der Waals surface area contributed by atoms with Gasteiger partial charge in [0.15, 0.2) is 11.2 Å². The molecule has 3 aromatic rings. The SMILES string of the molecule is Cc1cc2c(c3oc(C4(C)OC4C)cc(=O)c13)C(=O)c1c(O)c([C@H]3C[C@](C)(N(C)C)[C@H](O)[C@H](C)O3)cc([C@H]3C[C@@H](N(C)C)[C@H](O)[C@@H](C)O3)c1C2=O. The minimum Gasteiger partial charge on any atom is -0.507 e. The lowest BCUT2D eigenvalue weighted by molar-refractivity contribution is -0.176. The zero-order chi connectivity index (χ0) is 37.2. The summed E-state index contributed by atoms with van der Waals surface area (Å²) in [6.45, 7) is 10.8. The normalized spacial score (nSPS) is 35.0. The molecule has 7 rings (SSSR count). The lowest BCUT2D eigenvalue weighted by atomic mass is 9.74. The molecule has 12 heteroatoms. The van der Waals surface area contributed by atoms with Crippen molar-refractivity contribution in [3.63, 3.8) is 0 Å². The average molecular weight is 705 g/mol. The Hall–Kier alpha value is -3.49. The van der Waals surface area contributed by atoms with Crippen LogP contribution in [-0.4, -0.2) is 107 Å². The summed E-state index contributed by atoms with van der Waals surface area (Å²) in [5.41, 5.74) is -1.17. The number of aromatic hydroxyl groups is 1. The molecule has 51 heavy (non-hydrogen) atoms. The number of aliphatic hydroxyl groups is 2. The molecule has 0 radical (unpaired) electrons. The number of aryl methyl sites for hydroxylation is 1. The second-order valence-electron chi connectivity index (χ2n) is 15.8. The van der Waals surface area contributed by atoms with Crippen molar-refractivity contribution in [3.05, 3.63) is 73.1 Å². The topological polar surface area (TPSA) is 163 Å². The zero-order valence-electron chi connectivity index (χ0n) is 30.9. The van der Waals surface area contributed by atoms with Gasteiger partial charge < -0.3 is 43.7 Å². The van der Waals surface area contributed by atoms with Crippen molar-refractivity contribution in [2.24, 2.45) is 0 Å². The number of likely N-dealkylation sites (N-methyl/N-ethyl adjacent to an activating group) is 2. The number of nitrogens with zero attached hydrogens (tertiary/aromatic N) is 2. The van der Waals surface area contributed by atoms with Crippen LogP contribution in [0.25, 0.3) is 11.0 Å². The molecule has 12 nitrogen and oxygen atoms in total. The number of hydrogen-bond donors (Lipinski definition) is 3. The van der Waals surface area contributed by atoms with Gasteiger partial charge in [0.25, 0.3) is 0 Å². The van der Waals surface area contributed by atoms with Crippen molar-refractivity contribution in [1.29, 1.82) is 0 Å². The van der Waals surface area contributed by atoms with E-state index < -0.39 is 65.1 Å². The third kappa shape index (κ3) is 5.25. The highest BCUT2D eigenvalue weighted by atomic mass is 16.6. The molecule has 274 valence electrons. The van der Waals surface area contributed by atoms with Gasteiger partial charge in [-0.2, -0.15) is 0 Å². The minimum atomic E-state index is -0.868. The molecular weight excluding hydrogens is 656 g/mol. The van der Waals surface area contributed by atoms with Crippen molar-refractivity contribution >= 4 is 22.5 Å². The number of ether oxygens (including phenoxy) is 3. The van der Waals surface area contributed by atoms with Crippen LogP contribution >= 0.6 is 0 Å². The van der Waals surface area contributed by atoms with E-state index in [4.69, 9.17) is 18.6 Å². The maximum atomic E-state index is 15.0. The molecule has 3 saturated heterocycles. The van der Waals surface area contributed by atoms with Crippen LogP contribution in [-0.2, 0) is 19.8 Å². The second kappa shape index (κ2) is 12.0. The second-order valence-corrected chi connectivity index (χ2v) is 15.8. The lowest BCUT2D eigenvalue weighted by Crippen LogP contribution is -2.59. The first-order valence-electron chi connectivity index (χ1n) is 17.6. The van der Waals surface area contributed by atoms with Gasteiger partial charge in [0.2, 0.25) is 5.78 Å². The van der Waals surface area contributed by atoms with E-state index in [0.29, 0.717) is 17.5 Å². The zero-order valence-corrected chi connectivity index (χ0v) is 30.9. The maximum Gasteiger partial charge on any atom is 0.202 e. The van der Waals surface area contributed by atoms with Crippen LogP contribution in [0.5, 0.6) is 5.75 Å². The third-order valence-corrected chi connectivity index (χ3v) is 12.3. The minimum absolute atomic E-state index is 0.00229. The molecule has 0 bridgehead atoms. The number of phenols is 1. The summed E-state index contributed by atoms with van der Waals surface area (Å²) >= 11 is 0. The van der Waals surface area contributed by atoms with Gasteiger partial charge in [-0.3, -0.25) is 14.4 Å². The van der Waals surface area contributed by atoms with Crippen LogP contribution in [0.1, 0.15) is 114 Å². The predicted molar refractivity (Wildman–Crippen MR) is 187 cm³/mol. The molecule has 1 aliphatic carbocycles. The van der Waals surface area contributed by atoms with Crippen LogP contribution in [0.3, 0.4) is 0 Å². The van der Waals surface area contributed by atoms with Crippen molar-refractivity contribution in [3.8, 4) is 5.75 Å². The van der Waals surface area contributed by atoms with E-state index in [1.165, 1.54) is 12.1 Å². The van der Waals surface area contributed by atoms with Gasteiger partial charge >= 0.3 is 0 Å². The van der Waals surface area contributed by atoms with Crippen LogP contribution in [0.15, 0.2) is 27.4 Å². The van der Waals surface area contributed by atoms with Crippen LogP contribution in [0.4, 0.5) is 0 Å². The van der Waals surface area contributed by atoms with E-state index in [-0.39, 0.29) is 68.5 Å². The predicted octanol–water partition coefficient (Wildman–Crippen LogP) is 3.89. The number of ketones is 2. The first-order valence-corrected chi connectivity index (χ1v) is 17.6. The third-order valence-electron chi connectivity index (χ3n) is 12.3. The quantitative estimate of drug-likeness (QED) is 0.258. The first kappa shape index (κ1) is 35.9. The molecule has 10 atom stereocenters. The summed E-state index contributed by atoms with van der Waals surface area (Å²) in [7, 11) is 7.45. The number of carbonyl (C=O) groups is 2. The van der Waals surface area contributed by atoms with E-state index in [1.54, 1.807) is 33.8 Å². The highest BCUT2D eigenvalue weighted by molar-refractivity contribution is 6.33. The highest BCUT2D eigenvalue weighted by Gasteiger charge is 2.54. The average Bonchev–Trinajstić information content (AvgIpc) is 3.69. The van der Waals surface area contributed by atoms with Gasteiger partial charge in [-0.25, -0.2) is 0 Å². The Morgan fingerprint density at radius 3 is 2.10 bits per heavy atom. The van der Waals surface area contributed by atoms with Gasteiger partial charge in [0.1, 0.15) is 22.7 Å². The molecule has 0 amide bonds. The number of rotatable bonds is 5. The number of epoxide rings is 1. The highest BCUT2D eigenvalue weighted by Crippen LogP contribution is 2.50. The van der Waals surface area contributed by atoms with Crippen molar-refractivity contribution in [2.45, 2.75) is 114 Å². The lowest BCUT2D eigenvalue weighted by Gasteiger charge is -2.49. The number of benzene rings is 2. The van der Waals surface area contributed by atoms with Crippen molar-refractivity contribution in [1.82, 2.24) is 9.80 Å². The van der Waals surface area contributed by atoms with Crippen molar-refractivity contribution in [2.75, 3.05) is 28.2 Å². The standard InChI is InChI=1S/C39H48N2O10/c1-16-11-22-30(36-28(16)24(42)14-27(50-36)39(6)19(4)51-39)35(46)31-29(34(22)45)20(25-13-23(40(7)8)32(43)17(2)48-25)12-21(33(31)44)26-15-38(5,41(9)10)37(47)18(3)49-26/h11-12,14,17-19,23,25-26,32,37,43-44,47H,13,15H2,1-10H3/t17-,18+,19?,23-,25-,26-,32-,37-,38+,39?/m1/s1. The van der Waals surface area contributed by atoms with Gasteiger partial charge in [-0.05, 0) is 106 Å². The van der Waals surface area contributed by atoms with Crippen LogP contribution in [0, 0.1) is 6.92 Å². The van der Waals surface area contributed by atoms with Gasteiger partial charge in [-0.15, -0.1) is 0 Å². The summed E-state index contributed by atoms with van der Waals surface area (Å²) in [6, 6.07) is 4.27. The van der Waals surface area contributed by atoms with Crippen LogP contribution in [0.2, 0.25) is 0 Å². The summed E-state index contributed by atoms with van der Waals surface area (Å²) in [4.78, 5) is 47.2. The Morgan fingerprint density at radius 2 is 1.49 bits per heavy atom. The molecule has 0 saturated carbocycles. The Balaban J connectivity index is 1.49. The van der Waals surface area contributed by atoms with E-state index in [9.17, 15) is 29.7 Å². The molecular formula is C39H48N2O10. The summed E-state index contributed by atoms with van der Waals surface area (Å²) < 4.78 is 24.8. The van der Waals surface area contributed by atoms with E-state index in [0.717, 1.165) is 0 Å². The number of aliphatic hydroxyl groups excluding tert-OH is 2. The molecule has 4 aliphatic rings. The number of carbonyl (C=O) groups excluding carboxylic acids is 2. The van der Waals surface area contributed by atoms with E-state index in [1.807, 2.05) is 51.8 Å². The summed E-state index contributed by atoms with van der Waals surface area (Å²) in [5.74, 6) is -1.37. The van der Waals surface area contributed by atoms with Crippen molar-refractivity contribution < 1.29 is 43.5 Å². The summed E-state index contributed by atoms with van der Waals surface area (Å²) in [6.07, 6.45) is -4.11. The molecule has 4 heterocycles. The molecule has 3 fully saturated rings. The van der Waals surface area contributed by atoms with Gasteiger partial charge in [0, 0.05) is 34.3 Å². The Bertz CT molecular complexity index is 2040. The fraction of sp³-hybridized carbons (Fsp3) is 0.564. The number of hydrogen-bond acceptors (Lipinski definition) is 12. The van der Waals surface area contributed by atoms with Gasteiger partial charge in [0.05, 0.1) is 59.2 Å². The van der Waals surface area contributed by atoms with E-state index in [2.05, 4.69) is 0 Å². The maximum absolute atomic E-state index is 15.0. The molecule has 2 aromatic carbocycles. The Labute approximate surface area is 296 Å². The van der Waals surface area contributed by atoms with Crippen LogP contribution < -0.4 is 5.43 Å². The smallest absolute Gasteiger partial charge is 0.202 e. The van der Waals surface area contributed by atoms with Gasteiger partial charge in [-0.1, -0.05) is 0 Å². The number of fused-ring (bicyclic) bond motifs is 4. The molecule has 1 aromatic heterocycles. The van der Waals surface area contributed by atoms with E-state index >= 15 is 0 Å².